The summed E-state index contributed by atoms with van der Waals surface area (Å²) in [6.45, 7) is 10.6. The Morgan fingerprint density at radius 1 is 0.917 bits per heavy atom. The Bertz CT molecular complexity index is 1230. The number of nitrogens with one attached hydrogen (secondary N) is 1. The van der Waals surface area contributed by atoms with Crippen LogP contribution in [0.4, 0.5) is 5.69 Å². The highest BCUT2D eigenvalue weighted by molar-refractivity contribution is 7.13. The fourth-order valence-corrected chi connectivity index (χ4v) is 5.50. The van der Waals surface area contributed by atoms with E-state index >= 15 is 0 Å². The molecule has 0 saturated carbocycles. The lowest BCUT2D eigenvalue weighted by atomic mass is 9.97. The van der Waals surface area contributed by atoms with Crippen molar-refractivity contribution in [2.45, 2.75) is 46.6 Å². The Balaban J connectivity index is 0.000000550. The minimum Gasteiger partial charge on any atom is -0.367 e. The summed E-state index contributed by atoms with van der Waals surface area (Å²) in [6, 6.07) is 29.1. The van der Waals surface area contributed by atoms with Gasteiger partial charge in [-0.15, -0.1) is 11.3 Å². The smallest absolute Gasteiger partial charge is 0.206 e. The average molecular weight is 499 g/mol. The van der Waals surface area contributed by atoms with E-state index in [2.05, 4.69) is 108 Å². The number of fused-ring (bicyclic) bond motifs is 1. The van der Waals surface area contributed by atoms with Crippen LogP contribution in [0.3, 0.4) is 0 Å². The van der Waals surface area contributed by atoms with Crippen LogP contribution in [0.25, 0.3) is 21.6 Å². The van der Waals surface area contributed by atoms with Gasteiger partial charge in [-0.2, -0.15) is 0 Å². The van der Waals surface area contributed by atoms with Gasteiger partial charge in [-0.05, 0) is 69.3 Å². The molecule has 0 saturated heterocycles. The molecule has 0 aliphatic carbocycles. The minimum atomic E-state index is 0.546. The van der Waals surface area contributed by atoms with Gasteiger partial charge in [-0.1, -0.05) is 88.4 Å². The second-order valence-electron chi connectivity index (χ2n) is 8.84. The number of nitrogens with zero attached hydrogens (tertiary/aromatic N) is 1. The number of thiophene rings is 1. The summed E-state index contributed by atoms with van der Waals surface area (Å²) in [5, 5.41) is 4.46. The molecule has 0 atom stereocenters. The van der Waals surface area contributed by atoms with E-state index in [-0.39, 0.29) is 0 Å². The average Bonchev–Trinajstić information content (AvgIpc) is 3.59. The zero-order chi connectivity index (χ0) is 25.9. The summed E-state index contributed by atoms with van der Waals surface area (Å²) in [7, 11) is 1.56. The molecule has 1 aliphatic rings. The Labute approximate surface area is 220 Å². The molecule has 0 spiro atoms. The third-order valence-electron chi connectivity index (χ3n) is 6.20. The predicted octanol–water partition coefficient (Wildman–Crippen LogP) is 8.16. The van der Waals surface area contributed by atoms with Crippen LogP contribution in [0.5, 0.6) is 0 Å². The molecule has 36 heavy (non-hydrogen) atoms. The molecular formula is C32H38N2OS. The van der Waals surface area contributed by atoms with Crippen molar-refractivity contribution in [1.29, 1.82) is 0 Å². The lowest BCUT2D eigenvalue weighted by Crippen LogP contribution is -2.19. The van der Waals surface area contributed by atoms with Gasteiger partial charge in [0, 0.05) is 30.7 Å². The van der Waals surface area contributed by atoms with Gasteiger partial charge >= 0.3 is 0 Å². The predicted molar refractivity (Wildman–Crippen MR) is 157 cm³/mol. The van der Waals surface area contributed by atoms with E-state index < -0.39 is 0 Å². The van der Waals surface area contributed by atoms with Crippen molar-refractivity contribution in [2.75, 3.05) is 18.5 Å². The molecule has 1 amide bonds. The van der Waals surface area contributed by atoms with Crippen molar-refractivity contribution < 1.29 is 4.79 Å². The Hall–Kier alpha value is -3.37. The normalized spacial score (nSPS) is 11.7. The van der Waals surface area contributed by atoms with Crippen LogP contribution in [-0.4, -0.2) is 20.0 Å². The number of amides is 1. The van der Waals surface area contributed by atoms with Crippen molar-refractivity contribution in [3.63, 3.8) is 0 Å². The van der Waals surface area contributed by atoms with Crippen molar-refractivity contribution in [2.24, 2.45) is 0 Å². The number of carbonyl (C=O) groups excluding carboxylic acids is 1. The second kappa shape index (κ2) is 13.6. The van der Waals surface area contributed by atoms with Gasteiger partial charge in [0.25, 0.3) is 0 Å². The van der Waals surface area contributed by atoms with E-state index in [1.54, 1.807) is 7.05 Å². The van der Waals surface area contributed by atoms with Gasteiger partial charge in [0.2, 0.25) is 6.41 Å². The van der Waals surface area contributed by atoms with Crippen LogP contribution >= 0.6 is 11.3 Å². The lowest BCUT2D eigenvalue weighted by molar-refractivity contribution is -0.109. The molecule has 4 aromatic rings. The molecule has 1 N–H and O–H groups in total. The first-order valence-corrected chi connectivity index (χ1v) is 13.7. The summed E-state index contributed by atoms with van der Waals surface area (Å²) in [6.07, 6.45) is 1.78. The summed E-state index contributed by atoms with van der Waals surface area (Å²) in [5.74, 6) is 0.546. The van der Waals surface area contributed by atoms with E-state index in [1.807, 2.05) is 25.2 Å². The fourth-order valence-electron chi connectivity index (χ4n) is 4.44. The molecule has 2 heterocycles. The minimum absolute atomic E-state index is 0.546. The van der Waals surface area contributed by atoms with Gasteiger partial charge in [-0.25, -0.2) is 0 Å². The SMILES string of the molecule is CC.CC(C)c1ccsc1-c1cccc(-c2ccc(CN3CCc4ccccc43)cc2)c1.CNC=O. The largest absolute Gasteiger partial charge is 0.367 e. The standard InChI is InChI=1S/C28H27NS.C2H5NO.C2H6/c1-20(2)26-15-17-30-28(26)25-8-5-7-24(18-25)22-12-10-21(11-13-22)19-29-16-14-23-6-3-4-9-27(23)29;1-3-2-4;1-2/h3-13,15,17-18,20H,14,16,19H2,1-2H3;2H,1H3,(H,3,4);1-2H3. The first-order valence-electron chi connectivity index (χ1n) is 12.8. The molecule has 1 aromatic heterocycles. The van der Waals surface area contributed by atoms with Crippen LogP contribution in [0.2, 0.25) is 0 Å². The van der Waals surface area contributed by atoms with Crippen LogP contribution in [0, 0.1) is 0 Å². The Kier molecular flexibility index (Phi) is 10.3. The van der Waals surface area contributed by atoms with Gasteiger partial charge in [-0.3, -0.25) is 4.79 Å². The zero-order valence-corrected chi connectivity index (χ0v) is 22.9. The monoisotopic (exact) mass is 498 g/mol. The summed E-state index contributed by atoms with van der Waals surface area (Å²) in [5.41, 5.74) is 9.57. The molecule has 0 bridgehead atoms. The number of carbonyl (C=O) groups is 1. The highest BCUT2D eigenvalue weighted by Crippen LogP contribution is 2.36. The number of anilines is 1. The van der Waals surface area contributed by atoms with E-state index in [0.29, 0.717) is 12.3 Å². The maximum Gasteiger partial charge on any atom is 0.206 e. The van der Waals surface area contributed by atoms with Crippen molar-refractivity contribution in [3.05, 3.63) is 101 Å². The van der Waals surface area contributed by atoms with Gasteiger partial charge < -0.3 is 10.2 Å². The number of rotatable bonds is 6. The van der Waals surface area contributed by atoms with Gasteiger partial charge in [0.1, 0.15) is 0 Å². The zero-order valence-electron chi connectivity index (χ0n) is 22.1. The molecule has 188 valence electrons. The molecule has 5 rings (SSSR count). The molecule has 3 aromatic carbocycles. The molecule has 4 heteroatoms. The second-order valence-corrected chi connectivity index (χ2v) is 9.76. The van der Waals surface area contributed by atoms with Crippen LogP contribution in [0.1, 0.15) is 50.3 Å². The summed E-state index contributed by atoms with van der Waals surface area (Å²) >= 11 is 1.84. The molecule has 0 fully saturated rings. The topological polar surface area (TPSA) is 32.3 Å². The van der Waals surface area contributed by atoms with Crippen molar-refractivity contribution >= 4 is 23.4 Å². The fraction of sp³-hybridized carbons (Fsp3) is 0.281. The molecule has 0 unspecified atom stereocenters. The van der Waals surface area contributed by atoms with Crippen LogP contribution in [0.15, 0.2) is 84.2 Å². The molecule has 0 radical (unpaired) electrons. The third kappa shape index (κ3) is 6.64. The first kappa shape index (κ1) is 27.2. The first-order chi connectivity index (χ1) is 17.6. The highest BCUT2D eigenvalue weighted by Gasteiger charge is 2.18. The Morgan fingerprint density at radius 2 is 1.61 bits per heavy atom. The molecule has 3 nitrogen and oxygen atoms in total. The van der Waals surface area contributed by atoms with Crippen molar-refractivity contribution in [1.82, 2.24) is 5.32 Å². The molecular weight excluding hydrogens is 460 g/mol. The number of para-hydroxylation sites is 1. The van der Waals surface area contributed by atoms with E-state index in [1.165, 1.54) is 43.9 Å². The molecule has 1 aliphatic heterocycles. The number of benzene rings is 3. The summed E-state index contributed by atoms with van der Waals surface area (Å²) < 4.78 is 0. The summed E-state index contributed by atoms with van der Waals surface area (Å²) in [4.78, 5) is 13.0. The maximum absolute atomic E-state index is 9.06. The van der Waals surface area contributed by atoms with E-state index in [9.17, 15) is 0 Å². The quantitative estimate of drug-likeness (QED) is 0.272. The van der Waals surface area contributed by atoms with Gasteiger partial charge in [0.05, 0.1) is 0 Å². The van der Waals surface area contributed by atoms with E-state index in [0.717, 1.165) is 19.5 Å². The lowest BCUT2D eigenvalue weighted by Gasteiger charge is -2.19. The number of hydrogen-bond donors (Lipinski definition) is 1. The van der Waals surface area contributed by atoms with Crippen molar-refractivity contribution in [3.8, 4) is 21.6 Å². The Morgan fingerprint density at radius 3 is 2.31 bits per heavy atom. The van der Waals surface area contributed by atoms with E-state index in [4.69, 9.17) is 4.79 Å². The van der Waals surface area contributed by atoms with Crippen LogP contribution < -0.4 is 10.2 Å². The number of hydrogen-bond acceptors (Lipinski definition) is 3. The highest BCUT2D eigenvalue weighted by atomic mass is 32.1. The van der Waals surface area contributed by atoms with Gasteiger partial charge in [0.15, 0.2) is 0 Å². The maximum atomic E-state index is 9.06. The third-order valence-corrected chi connectivity index (χ3v) is 7.18. The van der Waals surface area contributed by atoms with Crippen LogP contribution in [-0.2, 0) is 17.8 Å².